The van der Waals surface area contributed by atoms with Gasteiger partial charge in [0.2, 0.25) is 0 Å². The second kappa shape index (κ2) is 6.99. The molecule has 122 valence electrons. The Morgan fingerprint density at radius 2 is 2.05 bits per heavy atom. The number of aryl methyl sites for hydroxylation is 2. The van der Waals surface area contributed by atoms with Crippen LogP contribution in [0.1, 0.15) is 55.0 Å². The number of rotatable bonds is 4. The number of amides is 1. The number of esters is 1. The minimum absolute atomic E-state index is 0.174. The molecule has 5 heteroatoms. The lowest BCUT2D eigenvalue weighted by Gasteiger charge is -2.34. The summed E-state index contributed by atoms with van der Waals surface area (Å²) in [5.74, 6) is 1.47. The summed E-state index contributed by atoms with van der Waals surface area (Å²) in [4.78, 5) is 23.9. The highest BCUT2D eigenvalue weighted by molar-refractivity contribution is 5.92. The van der Waals surface area contributed by atoms with Crippen LogP contribution in [0.15, 0.2) is 10.5 Å². The standard InChI is InChI=1S/C17H25NO4/c1-10-6-5-7-15(12(10)3)18-16(19)9-21-17(20)14-8-11(2)22-13(14)4/h8,10,12,15H,5-7,9H2,1-4H3,(H,18,19)/t10-,12-,15-/m0/s1. The van der Waals surface area contributed by atoms with E-state index >= 15 is 0 Å². The van der Waals surface area contributed by atoms with Crippen LogP contribution in [-0.2, 0) is 9.53 Å². The van der Waals surface area contributed by atoms with Gasteiger partial charge in [0.15, 0.2) is 6.61 Å². The topological polar surface area (TPSA) is 68.5 Å². The highest BCUT2D eigenvalue weighted by atomic mass is 16.5. The first kappa shape index (κ1) is 16.6. The molecule has 5 nitrogen and oxygen atoms in total. The van der Waals surface area contributed by atoms with Crippen molar-refractivity contribution in [3.05, 3.63) is 23.2 Å². The third-order valence-electron chi connectivity index (χ3n) is 4.65. The van der Waals surface area contributed by atoms with Crippen molar-refractivity contribution in [3.8, 4) is 0 Å². The zero-order valence-corrected chi connectivity index (χ0v) is 13.8. The van der Waals surface area contributed by atoms with Gasteiger partial charge in [-0.15, -0.1) is 0 Å². The SMILES string of the molecule is Cc1cc(C(=O)OCC(=O)N[C@H]2CCC[C@H](C)[C@@H]2C)c(C)o1. The molecule has 2 rings (SSSR count). The van der Waals surface area contributed by atoms with Crippen molar-refractivity contribution in [1.82, 2.24) is 5.32 Å². The quantitative estimate of drug-likeness (QED) is 0.868. The Morgan fingerprint density at radius 1 is 1.32 bits per heavy atom. The van der Waals surface area contributed by atoms with Crippen molar-refractivity contribution < 1.29 is 18.7 Å². The monoisotopic (exact) mass is 307 g/mol. The van der Waals surface area contributed by atoms with E-state index < -0.39 is 5.97 Å². The van der Waals surface area contributed by atoms with E-state index in [-0.39, 0.29) is 18.6 Å². The van der Waals surface area contributed by atoms with Gasteiger partial charge in [-0.3, -0.25) is 4.79 Å². The van der Waals surface area contributed by atoms with Crippen molar-refractivity contribution in [2.45, 2.75) is 53.0 Å². The fourth-order valence-electron chi connectivity index (χ4n) is 3.08. The maximum absolute atomic E-state index is 12.0. The summed E-state index contributed by atoms with van der Waals surface area (Å²) in [6.45, 7) is 7.60. The molecule has 1 saturated carbocycles. The van der Waals surface area contributed by atoms with E-state index in [9.17, 15) is 9.59 Å². The van der Waals surface area contributed by atoms with Crippen LogP contribution in [0.4, 0.5) is 0 Å². The van der Waals surface area contributed by atoms with Gasteiger partial charge in [-0.1, -0.05) is 26.7 Å². The van der Waals surface area contributed by atoms with E-state index in [2.05, 4.69) is 19.2 Å². The Kier molecular flexibility index (Phi) is 5.27. The van der Waals surface area contributed by atoms with Gasteiger partial charge in [0, 0.05) is 6.04 Å². The Labute approximate surface area is 131 Å². The first-order valence-electron chi connectivity index (χ1n) is 7.92. The van der Waals surface area contributed by atoms with Crippen LogP contribution >= 0.6 is 0 Å². The molecule has 0 saturated heterocycles. The second-order valence-electron chi connectivity index (χ2n) is 6.34. The number of hydrogen-bond donors (Lipinski definition) is 1. The molecule has 1 aliphatic carbocycles. The highest BCUT2D eigenvalue weighted by Crippen LogP contribution is 2.29. The van der Waals surface area contributed by atoms with E-state index in [1.807, 2.05) is 0 Å². The Balaban J connectivity index is 1.82. The van der Waals surface area contributed by atoms with Gasteiger partial charge in [0.05, 0.1) is 0 Å². The molecule has 1 N–H and O–H groups in total. The third-order valence-corrected chi connectivity index (χ3v) is 4.65. The molecule has 0 spiro atoms. The van der Waals surface area contributed by atoms with Crippen LogP contribution < -0.4 is 5.32 Å². The zero-order chi connectivity index (χ0) is 16.3. The summed E-state index contributed by atoms with van der Waals surface area (Å²) in [5, 5.41) is 2.99. The van der Waals surface area contributed by atoms with Gasteiger partial charge in [0.25, 0.3) is 5.91 Å². The summed E-state index contributed by atoms with van der Waals surface area (Å²) in [6, 6.07) is 1.80. The zero-order valence-electron chi connectivity index (χ0n) is 13.8. The fourth-order valence-corrected chi connectivity index (χ4v) is 3.08. The molecule has 1 aliphatic rings. The van der Waals surface area contributed by atoms with E-state index in [0.717, 1.165) is 12.8 Å². The molecule has 0 aromatic carbocycles. The molecule has 1 fully saturated rings. The van der Waals surface area contributed by atoms with Crippen LogP contribution in [0.25, 0.3) is 0 Å². The van der Waals surface area contributed by atoms with Crippen LogP contribution in [-0.4, -0.2) is 24.5 Å². The predicted molar refractivity (Wildman–Crippen MR) is 82.6 cm³/mol. The molecule has 1 heterocycles. The first-order chi connectivity index (χ1) is 10.4. The van der Waals surface area contributed by atoms with Gasteiger partial charge >= 0.3 is 5.97 Å². The normalized spacial score (nSPS) is 24.8. The number of nitrogens with one attached hydrogen (secondary N) is 1. The van der Waals surface area contributed by atoms with Crippen molar-refractivity contribution >= 4 is 11.9 Å². The lowest BCUT2D eigenvalue weighted by molar-refractivity contribution is -0.125. The van der Waals surface area contributed by atoms with Crippen LogP contribution in [0.5, 0.6) is 0 Å². The Morgan fingerprint density at radius 3 is 2.68 bits per heavy atom. The molecule has 0 aliphatic heterocycles. The summed E-state index contributed by atoms with van der Waals surface area (Å²) < 4.78 is 10.4. The summed E-state index contributed by atoms with van der Waals surface area (Å²) in [6.07, 6.45) is 3.33. The molecular formula is C17H25NO4. The Bertz CT molecular complexity index is 549. The van der Waals surface area contributed by atoms with Crippen LogP contribution in [0, 0.1) is 25.7 Å². The van der Waals surface area contributed by atoms with Crippen molar-refractivity contribution in [1.29, 1.82) is 0 Å². The van der Waals surface area contributed by atoms with Gasteiger partial charge in [-0.05, 0) is 38.2 Å². The lowest BCUT2D eigenvalue weighted by atomic mass is 9.78. The minimum Gasteiger partial charge on any atom is -0.466 e. The van der Waals surface area contributed by atoms with Gasteiger partial charge in [-0.25, -0.2) is 4.79 Å². The average molecular weight is 307 g/mol. The molecular weight excluding hydrogens is 282 g/mol. The maximum Gasteiger partial charge on any atom is 0.342 e. The van der Waals surface area contributed by atoms with Gasteiger partial charge in [-0.2, -0.15) is 0 Å². The fraction of sp³-hybridized carbons (Fsp3) is 0.647. The summed E-state index contributed by atoms with van der Waals surface area (Å²) >= 11 is 0. The van der Waals surface area contributed by atoms with E-state index in [1.54, 1.807) is 19.9 Å². The number of hydrogen-bond acceptors (Lipinski definition) is 4. The van der Waals surface area contributed by atoms with E-state index in [4.69, 9.17) is 9.15 Å². The molecule has 0 radical (unpaired) electrons. The number of furan rings is 1. The highest BCUT2D eigenvalue weighted by Gasteiger charge is 2.28. The van der Waals surface area contributed by atoms with Gasteiger partial charge < -0.3 is 14.5 Å². The van der Waals surface area contributed by atoms with E-state index in [1.165, 1.54) is 6.42 Å². The molecule has 22 heavy (non-hydrogen) atoms. The smallest absolute Gasteiger partial charge is 0.342 e. The van der Waals surface area contributed by atoms with Crippen molar-refractivity contribution in [2.75, 3.05) is 6.61 Å². The predicted octanol–water partition coefficient (Wildman–Crippen LogP) is 2.99. The average Bonchev–Trinajstić information content (AvgIpc) is 2.80. The summed E-state index contributed by atoms with van der Waals surface area (Å²) in [7, 11) is 0. The molecule has 1 amide bonds. The minimum atomic E-state index is -0.519. The molecule has 3 atom stereocenters. The third kappa shape index (κ3) is 3.90. The number of ether oxygens (including phenoxy) is 1. The molecule has 0 unspecified atom stereocenters. The maximum atomic E-state index is 12.0. The lowest BCUT2D eigenvalue weighted by Crippen LogP contribution is -2.45. The van der Waals surface area contributed by atoms with Gasteiger partial charge in [0.1, 0.15) is 17.1 Å². The van der Waals surface area contributed by atoms with Crippen molar-refractivity contribution in [2.24, 2.45) is 11.8 Å². The number of carbonyl (C=O) groups excluding carboxylic acids is 2. The second-order valence-corrected chi connectivity index (χ2v) is 6.34. The van der Waals surface area contributed by atoms with E-state index in [0.29, 0.717) is 28.9 Å². The molecule has 1 aromatic rings. The van der Waals surface area contributed by atoms with Crippen LogP contribution in [0.3, 0.4) is 0 Å². The summed E-state index contributed by atoms with van der Waals surface area (Å²) in [5.41, 5.74) is 0.380. The Hall–Kier alpha value is -1.78. The number of carbonyl (C=O) groups is 2. The molecule has 0 bridgehead atoms. The molecule has 1 aromatic heterocycles. The van der Waals surface area contributed by atoms with Crippen LogP contribution in [0.2, 0.25) is 0 Å². The largest absolute Gasteiger partial charge is 0.466 e. The first-order valence-corrected chi connectivity index (χ1v) is 7.92. The van der Waals surface area contributed by atoms with Crippen molar-refractivity contribution in [3.63, 3.8) is 0 Å².